The SMILES string of the molecule is CCOCC(C)NC(=O)c1ccc(F)cc1C#CCO. The molecule has 0 fully saturated rings. The van der Waals surface area contributed by atoms with Crippen LogP contribution in [-0.2, 0) is 4.74 Å². The van der Waals surface area contributed by atoms with E-state index >= 15 is 0 Å². The fourth-order valence-electron chi connectivity index (χ4n) is 1.59. The Kier molecular flexibility index (Phi) is 6.71. The van der Waals surface area contributed by atoms with Crippen molar-refractivity contribution in [3.05, 3.63) is 35.1 Å². The molecule has 108 valence electrons. The van der Waals surface area contributed by atoms with Crippen molar-refractivity contribution in [2.24, 2.45) is 0 Å². The van der Waals surface area contributed by atoms with Crippen LogP contribution in [0.4, 0.5) is 4.39 Å². The van der Waals surface area contributed by atoms with Gasteiger partial charge in [0, 0.05) is 18.2 Å². The Hall–Kier alpha value is -1.90. The molecule has 0 bridgehead atoms. The maximum absolute atomic E-state index is 13.2. The predicted octanol–water partition coefficient (Wildman–Crippen LogP) is 1.32. The Morgan fingerprint density at radius 2 is 2.30 bits per heavy atom. The second-order valence-electron chi connectivity index (χ2n) is 4.18. The number of aliphatic hydroxyl groups excluding tert-OH is 1. The summed E-state index contributed by atoms with van der Waals surface area (Å²) in [6.07, 6.45) is 0. The number of benzene rings is 1. The van der Waals surface area contributed by atoms with Crippen LogP contribution in [0.3, 0.4) is 0 Å². The van der Waals surface area contributed by atoms with Gasteiger partial charge in [0.15, 0.2) is 0 Å². The first-order valence-corrected chi connectivity index (χ1v) is 6.36. The van der Waals surface area contributed by atoms with Gasteiger partial charge < -0.3 is 15.2 Å². The molecule has 1 aromatic carbocycles. The molecule has 1 atom stereocenters. The molecule has 0 aliphatic heterocycles. The standard InChI is InChI=1S/C15H18FNO3/c1-3-20-10-11(2)17-15(19)14-7-6-13(16)9-12(14)5-4-8-18/h6-7,9,11,18H,3,8,10H2,1-2H3,(H,17,19). The number of carbonyl (C=O) groups is 1. The van der Waals surface area contributed by atoms with Gasteiger partial charge in [-0.2, -0.15) is 0 Å². The largest absolute Gasteiger partial charge is 0.384 e. The molecule has 20 heavy (non-hydrogen) atoms. The van der Waals surface area contributed by atoms with Crippen molar-refractivity contribution < 1.29 is 19.0 Å². The van der Waals surface area contributed by atoms with Gasteiger partial charge >= 0.3 is 0 Å². The van der Waals surface area contributed by atoms with Crippen molar-refractivity contribution in [3.63, 3.8) is 0 Å². The van der Waals surface area contributed by atoms with E-state index in [0.29, 0.717) is 13.2 Å². The summed E-state index contributed by atoms with van der Waals surface area (Å²) in [7, 11) is 0. The zero-order valence-electron chi connectivity index (χ0n) is 11.6. The fourth-order valence-corrected chi connectivity index (χ4v) is 1.59. The van der Waals surface area contributed by atoms with Crippen molar-refractivity contribution in [2.45, 2.75) is 19.9 Å². The maximum atomic E-state index is 13.2. The van der Waals surface area contributed by atoms with Crippen LogP contribution in [0.15, 0.2) is 18.2 Å². The highest BCUT2D eigenvalue weighted by Crippen LogP contribution is 2.10. The third kappa shape index (κ3) is 5.00. The number of hydrogen-bond acceptors (Lipinski definition) is 3. The molecular weight excluding hydrogens is 261 g/mol. The van der Waals surface area contributed by atoms with Gasteiger partial charge in [-0.3, -0.25) is 4.79 Å². The van der Waals surface area contributed by atoms with E-state index in [1.165, 1.54) is 18.2 Å². The highest BCUT2D eigenvalue weighted by atomic mass is 19.1. The smallest absolute Gasteiger partial charge is 0.252 e. The van der Waals surface area contributed by atoms with Crippen LogP contribution in [0.1, 0.15) is 29.8 Å². The third-order valence-corrected chi connectivity index (χ3v) is 2.48. The molecule has 1 amide bonds. The summed E-state index contributed by atoms with van der Waals surface area (Å²) in [4.78, 5) is 12.1. The number of amides is 1. The van der Waals surface area contributed by atoms with Crippen LogP contribution in [-0.4, -0.2) is 36.9 Å². The van der Waals surface area contributed by atoms with E-state index in [9.17, 15) is 9.18 Å². The molecule has 0 radical (unpaired) electrons. The van der Waals surface area contributed by atoms with Crippen molar-refractivity contribution in [1.29, 1.82) is 0 Å². The lowest BCUT2D eigenvalue weighted by Crippen LogP contribution is -2.36. The number of aliphatic hydroxyl groups is 1. The Labute approximate surface area is 117 Å². The minimum absolute atomic E-state index is 0.161. The summed E-state index contributed by atoms with van der Waals surface area (Å²) in [5, 5.41) is 11.4. The van der Waals surface area contributed by atoms with Gasteiger partial charge in [0.1, 0.15) is 12.4 Å². The third-order valence-electron chi connectivity index (χ3n) is 2.48. The van der Waals surface area contributed by atoms with Gasteiger partial charge in [0.25, 0.3) is 5.91 Å². The highest BCUT2D eigenvalue weighted by molar-refractivity contribution is 5.96. The molecule has 0 aliphatic rings. The quantitative estimate of drug-likeness (QED) is 0.799. The number of nitrogens with one attached hydrogen (secondary N) is 1. The molecule has 0 aliphatic carbocycles. The topological polar surface area (TPSA) is 58.6 Å². The molecule has 0 heterocycles. The molecule has 1 unspecified atom stereocenters. The van der Waals surface area contributed by atoms with E-state index in [1.807, 2.05) is 13.8 Å². The summed E-state index contributed by atoms with van der Waals surface area (Å²) < 4.78 is 18.4. The average molecular weight is 279 g/mol. The van der Waals surface area contributed by atoms with E-state index in [0.717, 1.165) is 0 Å². The summed E-state index contributed by atoms with van der Waals surface area (Å²) in [5.41, 5.74) is 0.524. The number of carbonyl (C=O) groups excluding carboxylic acids is 1. The average Bonchev–Trinajstić information content (AvgIpc) is 2.42. The molecule has 0 aromatic heterocycles. The van der Waals surface area contributed by atoms with Crippen LogP contribution in [0.2, 0.25) is 0 Å². The number of halogens is 1. The van der Waals surface area contributed by atoms with Crippen LogP contribution in [0.25, 0.3) is 0 Å². The van der Waals surface area contributed by atoms with Crippen molar-refractivity contribution in [2.75, 3.05) is 19.8 Å². The molecule has 0 saturated carbocycles. The molecule has 0 spiro atoms. The van der Waals surface area contributed by atoms with Crippen LogP contribution in [0, 0.1) is 17.7 Å². The van der Waals surface area contributed by atoms with E-state index in [4.69, 9.17) is 9.84 Å². The number of rotatable bonds is 5. The van der Waals surface area contributed by atoms with E-state index in [1.54, 1.807) is 0 Å². The van der Waals surface area contributed by atoms with Crippen LogP contribution < -0.4 is 5.32 Å². The molecule has 1 rings (SSSR count). The van der Waals surface area contributed by atoms with Crippen LogP contribution in [0.5, 0.6) is 0 Å². The van der Waals surface area contributed by atoms with E-state index in [2.05, 4.69) is 17.2 Å². The first kappa shape index (κ1) is 16.2. The molecule has 4 nitrogen and oxygen atoms in total. The molecular formula is C15H18FNO3. The van der Waals surface area contributed by atoms with Crippen molar-refractivity contribution in [1.82, 2.24) is 5.32 Å². The fraction of sp³-hybridized carbons (Fsp3) is 0.400. The first-order chi connectivity index (χ1) is 9.58. The van der Waals surface area contributed by atoms with Gasteiger partial charge in [0.05, 0.1) is 12.2 Å². The van der Waals surface area contributed by atoms with Crippen molar-refractivity contribution in [3.8, 4) is 11.8 Å². The Morgan fingerprint density at radius 1 is 1.55 bits per heavy atom. The molecule has 2 N–H and O–H groups in total. The summed E-state index contributed by atoms with van der Waals surface area (Å²) >= 11 is 0. The van der Waals surface area contributed by atoms with Gasteiger partial charge in [-0.25, -0.2) is 4.39 Å². The second kappa shape index (κ2) is 8.31. The van der Waals surface area contributed by atoms with Crippen molar-refractivity contribution >= 4 is 5.91 Å². The van der Waals surface area contributed by atoms with Gasteiger partial charge in [-0.1, -0.05) is 11.8 Å². The molecule has 1 aromatic rings. The second-order valence-corrected chi connectivity index (χ2v) is 4.18. The zero-order chi connectivity index (χ0) is 15.0. The maximum Gasteiger partial charge on any atom is 0.252 e. The summed E-state index contributed by atoms with van der Waals surface area (Å²) in [5.74, 6) is 4.15. The summed E-state index contributed by atoms with van der Waals surface area (Å²) in [6.45, 7) is 4.32. The minimum Gasteiger partial charge on any atom is -0.384 e. The number of ether oxygens (including phenoxy) is 1. The minimum atomic E-state index is -0.480. The lowest BCUT2D eigenvalue weighted by atomic mass is 10.1. The van der Waals surface area contributed by atoms with Gasteiger partial charge in [-0.15, -0.1) is 0 Å². The monoisotopic (exact) mass is 279 g/mol. The predicted molar refractivity (Wildman–Crippen MR) is 73.8 cm³/mol. The van der Waals surface area contributed by atoms with E-state index in [-0.39, 0.29) is 29.7 Å². The Bertz CT molecular complexity index is 520. The Morgan fingerprint density at radius 3 is 2.95 bits per heavy atom. The van der Waals surface area contributed by atoms with Crippen LogP contribution >= 0.6 is 0 Å². The first-order valence-electron chi connectivity index (χ1n) is 6.36. The highest BCUT2D eigenvalue weighted by Gasteiger charge is 2.13. The molecule has 5 heteroatoms. The lowest BCUT2D eigenvalue weighted by Gasteiger charge is -2.14. The molecule has 0 saturated heterocycles. The van der Waals surface area contributed by atoms with Gasteiger partial charge in [-0.05, 0) is 32.0 Å². The number of hydrogen-bond donors (Lipinski definition) is 2. The van der Waals surface area contributed by atoms with E-state index < -0.39 is 5.82 Å². The van der Waals surface area contributed by atoms with Gasteiger partial charge in [0.2, 0.25) is 0 Å². The Balaban J connectivity index is 2.86. The lowest BCUT2D eigenvalue weighted by molar-refractivity contribution is 0.0871. The normalized spacial score (nSPS) is 11.4. The zero-order valence-corrected chi connectivity index (χ0v) is 11.6. The summed E-state index contributed by atoms with van der Waals surface area (Å²) in [6, 6.07) is 3.59.